The standard InChI is InChI=1S/C10H9F6NO.ClH/c1-18-5-2-3-7(11)6(4-5)8(17)9(12,13)10(14,15)16;/h2-4,8H,17H2,1H3;1H/t8-;/m1./s1. The Labute approximate surface area is 110 Å². The summed E-state index contributed by atoms with van der Waals surface area (Å²) in [6.45, 7) is 0. The van der Waals surface area contributed by atoms with Crippen LogP contribution in [-0.4, -0.2) is 19.2 Å². The molecule has 110 valence electrons. The van der Waals surface area contributed by atoms with Gasteiger partial charge in [-0.3, -0.25) is 0 Å². The van der Waals surface area contributed by atoms with Crippen LogP contribution < -0.4 is 10.5 Å². The minimum absolute atomic E-state index is 0. The SMILES string of the molecule is COc1ccc(F)c([C@@H](N)C(F)(F)C(F)(F)F)c1.Cl. The Balaban J connectivity index is 0.00000324. The fourth-order valence-electron chi connectivity index (χ4n) is 1.26. The van der Waals surface area contributed by atoms with Crippen LogP contribution in [0.15, 0.2) is 18.2 Å². The van der Waals surface area contributed by atoms with E-state index in [-0.39, 0.29) is 18.2 Å². The summed E-state index contributed by atoms with van der Waals surface area (Å²) in [7, 11) is 1.16. The van der Waals surface area contributed by atoms with Crippen LogP contribution in [0.3, 0.4) is 0 Å². The molecule has 0 aliphatic carbocycles. The highest BCUT2D eigenvalue weighted by molar-refractivity contribution is 5.85. The summed E-state index contributed by atoms with van der Waals surface area (Å²) in [4.78, 5) is 0. The molecule has 0 fully saturated rings. The summed E-state index contributed by atoms with van der Waals surface area (Å²) in [5.74, 6) is -6.56. The largest absolute Gasteiger partial charge is 0.497 e. The van der Waals surface area contributed by atoms with E-state index in [1.807, 2.05) is 0 Å². The summed E-state index contributed by atoms with van der Waals surface area (Å²) >= 11 is 0. The molecule has 0 bridgehead atoms. The summed E-state index contributed by atoms with van der Waals surface area (Å²) < 4.78 is 80.1. The van der Waals surface area contributed by atoms with Gasteiger partial charge in [0.25, 0.3) is 0 Å². The molecule has 0 aliphatic heterocycles. The minimum Gasteiger partial charge on any atom is -0.497 e. The second-order valence-corrected chi connectivity index (χ2v) is 3.49. The zero-order chi connectivity index (χ0) is 14.1. The van der Waals surface area contributed by atoms with E-state index < -0.39 is 29.5 Å². The number of halogens is 7. The molecule has 9 heteroatoms. The first-order chi connectivity index (χ1) is 8.11. The number of rotatable bonds is 3. The Hall–Kier alpha value is -1.15. The molecule has 2 N–H and O–H groups in total. The van der Waals surface area contributed by atoms with Crippen molar-refractivity contribution in [2.45, 2.75) is 18.1 Å². The van der Waals surface area contributed by atoms with Crippen LogP contribution >= 0.6 is 12.4 Å². The number of benzene rings is 1. The number of hydrogen-bond acceptors (Lipinski definition) is 2. The number of nitrogens with two attached hydrogens (primary N) is 1. The summed E-state index contributed by atoms with van der Waals surface area (Å²) in [6.07, 6.45) is -5.86. The van der Waals surface area contributed by atoms with Gasteiger partial charge in [-0.15, -0.1) is 12.4 Å². The first kappa shape index (κ1) is 17.8. The average Bonchev–Trinajstić information content (AvgIpc) is 2.27. The lowest BCUT2D eigenvalue weighted by Crippen LogP contribution is -2.46. The van der Waals surface area contributed by atoms with E-state index >= 15 is 0 Å². The first-order valence-electron chi connectivity index (χ1n) is 4.64. The van der Waals surface area contributed by atoms with Gasteiger partial charge in [0.15, 0.2) is 0 Å². The molecular weight excluding hydrogens is 300 g/mol. The van der Waals surface area contributed by atoms with Gasteiger partial charge in [-0.1, -0.05) is 0 Å². The lowest BCUT2D eigenvalue weighted by Gasteiger charge is -2.26. The van der Waals surface area contributed by atoms with Crippen molar-refractivity contribution in [3.8, 4) is 5.75 Å². The Morgan fingerprint density at radius 1 is 1.16 bits per heavy atom. The topological polar surface area (TPSA) is 35.2 Å². The molecule has 0 heterocycles. The third-order valence-electron chi connectivity index (χ3n) is 2.31. The van der Waals surface area contributed by atoms with Crippen molar-refractivity contribution in [1.29, 1.82) is 0 Å². The van der Waals surface area contributed by atoms with Gasteiger partial charge in [0, 0.05) is 5.56 Å². The minimum atomic E-state index is -5.86. The van der Waals surface area contributed by atoms with E-state index in [1.165, 1.54) is 0 Å². The van der Waals surface area contributed by atoms with Gasteiger partial charge in [0.2, 0.25) is 0 Å². The monoisotopic (exact) mass is 309 g/mol. The molecule has 1 aromatic rings. The van der Waals surface area contributed by atoms with Gasteiger partial charge in [-0.25, -0.2) is 4.39 Å². The van der Waals surface area contributed by atoms with Crippen LogP contribution in [0.1, 0.15) is 11.6 Å². The highest BCUT2D eigenvalue weighted by atomic mass is 35.5. The van der Waals surface area contributed by atoms with Crippen molar-refractivity contribution in [3.63, 3.8) is 0 Å². The van der Waals surface area contributed by atoms with Crippen LogP contribution in [0.5, 0.6) is 5.75 Å². The molecule has 0 amide bonds. The van der Waals surface area contributed by atoms with E-state index in [0.717, 1.165) is 13.2 Å². The third kappa shape index (κ3) is 3.44. The number of methoxy groups -OCH3 is 1. The van der Waals surface area contributed by atoms with Crippen LogP contribution in [0.25, 0.3) is 0 Å². The molecule has 0 spiro atoms. The highest BCUT2D eigenvalue weighted by Gasteiger charge is 2.62. The normalized spacial score (nSPS) is 13.7. The number of hydrogen-bond donors (Lipinski definition) is 1. The van der Waals surface area contributed by atoms with Crippen molar-refractivity contribution in [2.24, 2.45) is 5.73 Å². The van der Waals surface area contributed by atoms with Gasteiger partial charge in [-0.05, 0) is 18.2 Å². The van der Waals surface area contributed by atoms with Crippen molar-refractivity contribution in [1.82, 2.24) is 0 Å². The first-order valence-corrected chi connectivity index (χ1v) is 4.64. The predicted octanol–water partition coefficient (Wildman–Crippen LogP) is 3.45. The second-order valence-electron chi connectivity index (χ2n) is 3.49. The molecular formula is C10H10ClF6NO. The van der Waals surface area contributed by atoms with Crippen molar-refractivity contribution >= 4 is 12.4 Å². The molecule has 1 aromatic carbocycles. The van der Waals surface area contributed by atoms with E-state index in [4.69, 9.17) is 5.73 Å². The fraction of sp³-hybridized carbons (Fsp3) is 0.400. The molecule has 1 atom stereocenters. The number of alkyl halides is 5. The average molecular weight is 310 g/mol. The van der Waals surface area contributed by atoms with Crippen LogP contribution in [-0.2, 0) is 0 Å². The maximum absolute atomic E-state index is 13.2. The molecule has 0 aliphatic rings. The Morgan fingerprint density at radius 2 is 1.68 bits per heavy atom. The third-order valence-corrected chi connectivity index (χ3v) is 2.31. The summed E-state index contributed by atoms with van der Waals surface area (Å²) in [6, 6.07) is -0.343. The van der Waals surface area contributed by atoms with E-state index in [9.17, 15) is 26.3 Å². The zero-order valence-electron chi connectivity index (χ0n) is 9.47. The molecule has 1 rings (SSSR count). The van der Waals surface area contributed by atoms with Crippen LogP contribution in [0.2, 0.25) is 0 Å². The number of ether oxygens (including phenoxy) is 1. The Morgan fingerprint density at radius 3 is 2.11 bits per heavy atom. The molecule has 0 aromatic heterocycles. The van der Waals surface area contributed by atoms with Gasteiger partial charge >= 0.3 is 12.1 Å². The van der Waals surface area contributed by atoms with Gasteiger partial charge < -0.3 is 10.5 Å². The van der Waals surface area contributed by atoms with Crippen LogP contribution in [0.4, 0.5) is 26.3 Å². The van der Waals surface area contributed by atoms with Gasteiger partial charge in [-0.2, -0.15) is 22.0 Å². The smallest absolute Gasteiger partial charge is 0.455 e. The quantitative estimate of drug-likeness (QED) is 0.868. The maximum atomic E-state index is 13.2. The second kappa shape index (κ2) is 5.87. The zero-order valence-corrected chi connectivity index (χ0v) is 10.3. The van der Waals surface area contributed by atoms with Gasteiger partial charge in [0.1, 0.15) is 17.6 Å². The Bertz CT molecular complexity index is 437. The summed E-state index contributed by atoms with van der Waals surface area (Å²) in [5.41, 5.74) is 3.86. The van der Waals surface area contributed by atoms with Crippen molar-refractivity contribution < 1.29 is 31.1 Å². The molecule has 0 saturated heterocycles. The molecule has 0 unspecified atom stereocenters. The molecule has 0 saturated carbocycles. The molecule has 2 nitrogen and oxygen atoms in total. The lowest BCUT2D eigenvalue weighted by atomic mass is 10.00. The maximum Gasteiger partial charge on any atom is 0.455 e. The Kier molecular flexibility index (Phi) is 5.52. The summed E-state index contributed by atoms with van der Waals surface area (Å²) in [5, 5.41) is 0. The van der Waals surface area contributed by atoms with E-state index in [0.29, 0.717) is 12.1 Å². The van der Waals surface area contributed by atoms with Gasteiger partial charge in [0.05, 0.1) is 7.11 Å². The van der Waals surface area contributed by atoms with E-state index in [2.05, 4.69) is 4.74 Å². The molecule has 0 radical (unpaired) electrons. The van der Waals surface area contributed by atoms with Crippen molar-refractivity contribution in [3.05, 3.63) is 29.6 Å². The lowest BCUT2D eigenvalue weighted by molar-refractivity contribution is -0.291. The van der Waals surface area contributed by atoms with Crippen LogP contribution in [0, 0.1) is 5.82 Å². The highest BCUT2D eigenvalue weighted by Crippen LogP contribution is 2.44. The van der Waals surface area contributed by atoms with Crippen molar-refractivity contribution in [2.75, 3.05) is 7.11 Å². The molecule has 19 heavy (non-hydrogen) atoms. The fourth-order valence-corrected chi connectivity index (χ4v) is 1.26. The van der Waals surface area contributed by atoms with E-state index in [1.54, 1.807) is 0 Å². The predicted molar refractivity (Wildman–Crippen MR) is 58.1 cm³/mol.